The molecule has 3 aromatic rings. The fourth-order valence-electron chi connectivity index (χ4n) is 3.72. The Morgan fingerprint density at radius 1 is 0.839 bits per heavy atom. The third kappa shape index (κ3) is 3.39. The first-order valence-corrected chi connectivity index (χ1v) is 11.8. The van der Waals surface area contributed by atoms with Crippen molar-refractivity contribution < 1.29 is 30.7 Å². The van der Waals surface area contributed by atoms with Gasteiger partial charge in [-0.2, -0.15) is 16.8 Å². The van der Waals surface area contributed by atoms with Gasteiger partial charge < -0.3 is 10.5 Å². The van der Waals surface area contributed by atoms with E-state index >= 15 is 0 Å². The van der Waals surface area contributed by atoms with Gasteiger partial charge in [0, 0.05) is 16.4 Å². The highest BCUT2D eigenvalue weighted by atomic mass is 32.2. The van der Waals surface area contributed by atoms with E-state index in [1.165, 1.54) is 18.2 Å². The molecule has 0 radical (unpaired) electrons. The maximum absolute atomic E-state index is 12.1. The highest BCUT2D eigenvalue weighted by Crippen LogP contribution is 2.44. The maximum atomic E-state index is 12.1. The molecule has 0 amide bonds. The van der Waals surface area contributed by atoms with Gasteiger partial charge in [0.1, 0.15) is 4.90 Å². The predicted molar refractivity (Wildman–Crippen MR) is 115 cm³/mol. The quantitative estimate of drug-likeness (QED) is 0.311. The van der Waals surface area contributed by atoms with E-state index in [0.29, 0.717) is 16.4 Å². The molecular weight excluding hydrogens is 442 g/mol. The Morgan fingerprint density at radius 2 is 1.48 bits per heavy atom. The molecule has 0 spiro atoms. The second-order valence-corrected chi connectivity index (χ2v) is 9.75. The third-order valence-electron chi connectivity index (χ3n) is 5.01. The standard InChI is InChI=1S/C21H17NO7S2/c1-11-5-3-4-6-13(11)17-14-8-7-12(2)20(30(23,24)25)18(14)29-19-15(17)9-10-16(22)21(19)31(26,27)28/h3-10H,2,22H2,1H3,(H,23,24,25)(H,26,27,28). The SMILES string of the molecule is C=c1ccc2c(c1S(=O)(=O)O)Oc1c(ccc(N)c1S(=O)(=O)O)C=2c1ccccc1C. The van der Waals surface area contributed by atoms with E-state index in [1.807, 2.05) is 19.1 Å². The van der Waals surface area contributed by atoms with Crippen LogP contribution in [-0.4, -0.2) is 25.9 Å². The van der Waals surface area contributed by atoms with Gasteiger partial charge in [-0.3, -0.25) is 9.11 Å². The molecule has 0 aromatic heterocycles. The third-order valence-corrected chi connectivity index (χ3v) is 6.91. The summed E-state index contributed by atoms with van der Waals surface area (Å²) in [6.45, 7) is 5.47. The van der Waals surface area contributed by atoms with E-state index in [-0.39, 0.29) is 28.0 Å². The van der Waals surface area contributed by atoms with Crippen molar-refractivity contribution in [1.29, 1.82) is 0 Å². The molecule has 31 heavy (non-hydrogen) atoms. The number of ether oxygens (including phenoxy) is 1. The predicted octanol–water partition coefficient (Wildman–Crippen LogP) is 1.83. The molecule has 0 saturated carbocycles. The molecule has 1 aliphatic rings. The van der Waals surface area contributed by atoms with Crippen LogP contribution in [0.15, 0.2) is 58.3 Å². The molecule has 8 nitrogen and oxygen atoms in total. The van der Waals surface area contributed by atoms with Crippen molar-refractivity contribution in [3.05, 3.63) is 75.7 Å². The Kier molecular flexibility index (Phi) is 4.70. The number of nitrogen functional groups attached to an aromatic ring is 1. The van der Waals surface area contributed by atoms with Gasteiger partial charge in [-0.1, -0.05) is 36.9 Å². The van der Waals surface area contributed by atoms with Crippen LogP contribution in [-0.2, 0) is 20.2 Å². The summed E-state index contributed by atoms with van der Waals surface area (Å²) in [5, 5.41) is 0.249. The van der Waals surface area contributed by atoms with Crippen LogP contribution in [0.25, 0.3) is 12.2 Å². The number of anilines is 1. The zero-order chi connectivity index (χ0) is 22.7. The lowest BCUT2D eigenvalue weighted by Crippen LogP contribution is -2.26. The molecule has 0 unspecified atom stereocenters. The van der Waals surface area contributed by atoms with Crippen LogP contribution >= 0.6 is 0 Å². The first kappa shape index (κ1) is 21.1. The van der Waals surface area contributed by atoms with E-state index in [1.54, 1.807) is 18.2 Å². The van der Waals surface area contributed by atoms with Gasteiger partial charge in [-0.15, -0.1) is 0 Å². The van der Waals surface area contributed by atoms with Crippen molar-refractivity contribution in [2.75, 3.05) is 5.73 Å². The second kappa shape index (κ2) is 6.92. The van der Waals surface area contributed by atoms with E-state index in [0.717, 1.165) is 5.56 Å². The fourth-order valence-corrected chi connectivity index (χ4v) is 5.25. The average molecular weight is 460 g/mol. The summed E-state index contributed by atoms with van der Waals surface area (Å²) in [6, 6.07) is 13.0. The summed E-state index contributed by atoms with van der Waals surface area (Å²) < 4.78 is 73.8. The van der Waals surface area contributed by atoms with Crippen molar-refractivity contribution in [3.8, 4) is 11.5 Å². The Morgan fingerprint density at radius 3 is 2.10 bits per heavy atom. The van der Waals surface area contributed by atoms with Crippen LogP contribution in [0.5, 0.6) is 11.5 Å². The van der Waals surface area contributed by atoms with Crippen molar-refractivity contribution in [2.24, 2.45) is 0 Å². The molecule has 0 bridgehead atoms. The molecule has 1 aliphatic heterocycles. The van der Waals surface area contributed by atoms with Crippen molar-refractivity contribution in [1.82, 2.24) is 0 Å². The summed E-state index contributed by atoms with van der Waals surface area (Å²) in [5.41, 5.74) is 7.73. The molecular formula is C21H17NO7S2. The summed E-state index contributed by atoms with van der Waals surface area (Å²) >= 11 is 0. The summed E-state index contributed by atoms with van der Waals surface area (Å²) in [6.07, 6.45) is 0. The van der Waals surface area contributed by atoms with Crippen LogP contribution in [0, 0.1) is 6.92 Å². The molecule has 4 N–H and O–H groups in total. The van der Waals surface area contributed by atoms with Crippen LogP contribution in [0.3, 0.4) is 0 Å². The Balaban J connectivity index is 2.31. The van der Waals surface area contributed by atoms with Crippen molar-refractivity contribution in [2.45, 2.75) is 16.7 Å². The molecule has 10 heteroatoms. The first-order valence-electron chi connectivity index (χ1n) is 8.89. The van der Waals surface area contributed by atoms with Crippen molar-refractivity contribution in [3.63, 3.8) is 0 Å². The number of aryl methyl sites for hydroxylation is 1. The zero-order valence-corrected chi connectivity index (χ0v) is 17.8. The van der Waals surface area contributed by atoms with Crippen LogP contribution in [0.4, 0.5) is 5.69 Å². The Labute approximate surface area is 178 Å². The highest BCUT2D eigenvalue weighted by Gasteiger charge is 2.33. The van der Waals surface area contributed by atoms with Gasteiger partial charge in [0.2, 0.25) is 0 Å². The highest BCUT2D eigenvalue weighted by molar-refractivity contribution is 7.86. The lowest BCUT2D eigenvalue weighted by Gasteiger charge is -2.25. The number of nitrogens with two attached hydrogens (primary N) is 1. The van der Waals surface area contributed by atoms with Crippen molar-refractivity contribution >= 4 is 38.1 Å². The monoisotopic (exact) mass is 459 g/mol. The summed E-state index contributed by atoms with van der Waals surface area (Å²) in [5.74, 6) is -0.653. The number of benzene rings is 3. The first-order chi connectivity index (χ1) is 14.4. The van der Waals surface area contributed by atoms with Gasteiger partial charge >= 0.3 is 0 Å². The topological polar surface area (TPSA) is 144 Å². The van der Waals surface area contributed by atoms with E-state index in [2.05, 4.69) is 6.58 Å². The fraction of sp³-hybridized carbons (Fsp3) is 0.0476. The molecule has 0 atom stereocenters. The van der Waals surface area contributed by atoms with Crippen LogP contribution in [0.1, 0.15) is 16.7 Å². The second-order valence-electron chi connectivity index (χ2n) is 7.03. The Bertz CT molecular complexity index is 1590. The molecule has 1 heterocycles. The van der Waals surface area contributed by atoms with Crippen LogP contribution in [0.2, 0.25) is 0 Å². The number of hydrogen-bond acceptors (Lipinski definition) is 6. The van der Waals surface area contributed by atoms with Crippen LogP contribution < -0.4 is 20.9 Å². The minimum Gasteiger partial charge on any atom is -0.453 e. The van der Waals surface area contributed by atoms with Gasteiger partial charge in [0.05, 0.1) is 5.69 Å². The molecule has 0 fully saturated rings. The molecule has 4 rings (SSSR count). The smallest absolute Gasteiger partial charge is 0.300 e. The largest absolute Gasteiger partial charge is 0.453 e. The van der Waals surface area contributed by atoms with Gasteiger partial charge in [0.25, 0.3) is 20.2 Å². The minimum atomic E-state index is -4.84. The molecule has 0 saturated heterocycles. The van der Waals surface area contributed by atoms with E-state index in [9.17, 15) is 25.9 Å². The molecule has 3 aromatic carbocycles. The number of fused-ring (bicyclic) bond motifs is 2. The van der Waals surface area contributed by atoms with E-state index < -0.39 is 30.0 Å². The molecule has 160 valence electrons. The summed E-state index contributed by atoms with van der Waals surface area (Å²) in [4.78, 5) is -1.30. The molecule has 0 aliphatic carbocycles. The van der Waals surface area contributed by atoms with Gasteiger partial charge in [-0.05, 0) is 41.5 Å². The number of hydrogen-bond donors (Lipinski definition) is 3. The Hall–Kier alpha value is -3.18. The van der Waals surface area contributed by atoms with Gasteiger partial charge in [-0.25, -0.2) is 0 Å². The zero-order valence-electron chi connectivity index (χ0n) is 16.2. The number of rotatable bonds is 3. The van der Waals surface area contributed by atoms with E-state index in [4.69, 9.17) is 10.5 Å². The van der Waals surface area contributed by atoms with Gasteiger partial charge in [0.15, 0.2) is 16.4 Å². The minimum absolute atomic E-state index is 0.0499. The summed E-state index contributed by atoms with van der Waals surface area (Å²) in [7, 11) is -9.64. The lowest BCUT2D eigenvalue weighted by atomic mass is 9.90. The maximum Gasteiger partial charge on any atom is 0.300 e. The lowest BCUT2D eigenvalue weighted by molar-refractivity contribution is 0.426. The average Bonchev–Trinajstić information content (AvgIpc) is 2.64. The normalized spacial score (nSPS) is 13.3.